The van der Waals surface area contributed by atoms with E-state index in [1.54, 1.807) is 24.1 Å². The molecule has 1 aromatic heterocycles. The second kappa shape index (κ2) is 20.4. The number of nitrogens with two attached hydrogens (primary N) is 1. The molecule has 0 unspecified atom stereocenters. The Morgan fingerprint density at radius 3 is 2.23 bits per heavy atom. The van der Waals surface area contributed by atoms with Crippen molar-refractivity contribution >= 4 is 34.7 Å². The highest BCUT2D eigenvalue weighted by atomic mass is 16.5. The van der Waals surface area contributed by atoms with Crippen LogP contribution in [0.2, 0.25) is 0 Å². The zero-order valence-corrected chi connectivity index (χ0v) is 32.5. The van der Waals surface area contributed by atoms with Crippen LogP contribution >= 0.6 is 0 Å². The first-order valence-electron chi connectivity index (χ1n) is 19.9. The van der Waals surface area contributed by atoms with E-state index in [9.17, 15) is 19.2 Å². The van der Waals surface area contributed by atoms with Crippen LogP contribution in [0.3, 0.4) is 0 Å². The van der Waals surface area contributed by atoms with Gasteiger partial charge in [-0.2, -0.15) is 0 Å². The fourth-order valence-corrected chi connectivity index (χ4v) is 7.56. The van der Waals surface area contributed by atoms with Crippen molar-refractivity contribution in [1.29, 1.82) is 0 Å². The molecule has 2 amide bonds. The van der Waals surface area contributed by atoms with Gasteiger partial charge >= 0.3 is 6.09 Å². The lowest BCUT2D eigenvalue weighted by molar-refractivity contribution is -0.139. The molecule has 1 fully saturated rings. The third-order valence-corrected chi connectivity index (χ3v) is 10.7. The van der Waals surface area contributed by atoms with Crippen LogP contribution in [-0.4, -0.2) is 65.7 Å². The second-order valence-electron chi connectivity index (χ2n) is 14.8. The largest absolute Gasteiger partial charge is 0.497 e. The van der Waals surface area contributed by atoms with Crippen LogP contribution in [0.5, 0.6) is 5.75 Å². The lowest BCUT2D eigenvalue weighted by Crippen LogP contribution is -2.52. The van der Waals surface area contributed by atoms with Crippen LogP contribution in [0, 0.1) is 11.8 Å². The number of hydrogen-bond donors (Lipinski definition) is 2. The minimum atomic E-state index is -0.953. The number of amides is 2. The van der Waals surface area contributed by atoms with E-state index in [4.69, 9.17) is 19.6 Å². The van der Waals surface area contributed by atoms with Gasteiger partial charge in [-0.15, -0.1) is 0 Å². The Kier molecular flexibility index (Phi) is 14.6. The van der Waals surface area contributed by atoms with Crippen molar-refractivity contribution in [2.24, 2.45) is 17.6 Å². The Balaban J connectivity index is 1.23. The van der Waals surface area contributed by atoms with Crippen LogP contribution < -0.4 is 15.8 Å². The molecule has 1 aliphatic rings. The summed E-state index contributed by atoms with van der Waals surface area (Å²) in [5, 5.41) is 2.84. The van der Waals surface area contributed by atoms with Crippen LogP contribution in [0.1, 0.15) is 72.3 Å². The van der Waals surface area contributed by atoms with Gasteiger partial charge in [0.1, 0.15) is 23.9 Å². The average molecular weight is 773 g/mol. The molecule has 4 aromatic carbocycles. The standard InChI is InChI=1S/C46H52N4O7/c1-55-37-24-21-33(22-25-37)19-20-35-28-40(41(51)29-36(16-10-11-27-47)43(52)44-48-38-17-8-9-18-42(38)57-44)50(30-35)45(53)39(26-23-32-12-4-2-5-13-32)49-46(54)56-31-34-14-6-3-7-15-34/h2-9,12-15,17-18,21-22,24-25,35-36,39-40H,10-11,16,19-20,23,26-31,47H2,1H3,(H,49,54)/t35-,36-,39-,40+/m1/s1. The molecule has 0 aliphatic carbocycles. The van der Waals surface area contributed by atoms with Crippen molar-refractivity contribution in [3.63, 3.8) is 0 Å². The number of aromatic nitrogens is 1. The van der Waals surface area contributed by atoms with Crippen molar-refractivity contribution in [1.82, 2.24) is 15.2 Å². The summed E-state index contributed by atoms with van der Waals surface area (Å²) in [5.41, 5.74) is 9.82. The van der Waals surface area contributed by atoms with Gasteiger partial charge in [-0.05, 0) is 98.4 Å². The Morgan fingerprint density at radius 2 is 1.53 bits per heavy atom. The van der Waals surface area contributed by atoms with E-state index in [1.807, 2.05) is 97.1 Å². The maximum Gasteiger partial charge on any atom is 0.408 e. The minimum absolute atomic E-state index is 0.00763. The highest BCUT2D eigenvalue weighted by molar-refractivity contribution is 6.00. The normalized spacial score (nSPS) is 16.2. The Hall–Kier alpha value is -5.81. The number of oxazole rings is 1. The first-order valence-corrected chi connectivity index (χ1v) is 19.9. The number of aryl methyl sites for hydroxylation is 2. The van der Waals surface area contributed by atoms with Gasteiger partial charge in [0.2, 0.25) is 11.7 Å². The molecule has 0 spiro atoms. The molecule has 1 aliphatic heterocycles. The quantitative estimate of drug-likeness (QED) is 0.0605. The second-order valence-corrected chi connectivity index (χ2v) is 14.8. The molecular weight excluding hydrogens is 721 g/mol. The fourth-order valence-electron chi connectivity index (χ4n) is 7.56. The Bertz CT molecular complexity index is 2040. The minimum Gasteiger partial charge on any atom is -0.497 e. The summed E-state index contributed by atoms with van der Waals surface area (Å²) in [4.78, 5) is 62.5. The molecule has 6 rings (SSSR count). The van der Waals surface area contributed by atoms with Crippen LogP contribution in [0.25, 0.3) is 11.1 Å². The summed E-state index contributed by atoms with van der Waals surface area (Å²) < 4.78 is 16.7. The summed E-state index contributed by atoms with van der Waals surface area (Å²) in [5.74, 6) is -0.846. The SMILES string of the molecule is COc1ccc(CC[C@@H]2C[C@@H](C(=O)C[C@@H](CCCCN)C(=O)c3nc4ccccc4o3)N(C(=O)[C@@H](CCc3ccccc3)NC(=O)OCc3ccccc3)C2)cc1. The van der Waals surface area contributed by atoms with Crippen LogP contribution in [-0.2, 0) is 33.8 Å². The summed E-state index contributed by atoms with van der Waals surface area (Å²) in [6.45, 7) is 0.846. The van der Waals surface area contributed by atoms with Crippen molar-refractivity contribution in [3.8, 4) is 5.75 Å². The number of benzene rings is 4. The maximum atomic E-state index is 14.7. The molecule has 298 valence electrons. The molecule has 57 heavy (non-hydrogen) atoms. The first-order chi connectivity index (χ1) is 27.8. The monoisotopic (exact) mass is 772 g/mol. The molecule has 11 nitrogen and oxygen atoms in total. The fraction of sp³-hybridized carbons (Fsp3) is 0.370. The number of likely N-dealkylation sites (tertiary alicyclic amines) is 1. The number of carbonyl (C=O) groups is 4. The summed E-state index contributed by atoms with van der Waals surface area (Å²) in [6.07, 6.45) is 3.72. The number of fused-ring (bicyclic) bond motifs is 1. The predicted molar refractivity (Wildman–Crippen MR) is 218 cm³/mol. The molecule has 1 saturated heterocycles. The smallest absolute Gasteiger partial charge is 0.408 e. The van der Waals surface area contributed by atoms with E-state index < -0.39 is 24.1 Å². The molecule has 0 bridgehead atoms. The van der Waals surface area contributed by atoms with Gasteiger partial charge < -0.3 is 29.8 Å². The lowest BCUT2D eigenvalue weighted by Gasteiger charge is -2.29. The number of Topliss-reactive ketones (excluding diaryl/α,β-unsaturated/α-hetero) is 2. The zero-order valence-electron chi connectivity index (χ0n) is 32.5. The van der Waals surface area contributed by atoms with E-state index in [-0.39, 0.29) is 42.3 Å². The number of alkyl carbamates (subject to hydrolysis) is 1. The molecule has 0 radical (unpaired) electrons. The molecule has 4 atom stereocenters. The number of unbranched alkanes of at least 4 members (excludes halogenated alkanes) is 1. The van der Waals surface area contributed by atoms with Gasteiger partial charge in [0.05, 0.1) is 13.2 Å². The molecule has 5 aromatic rings. The van der Waals surface area contributed by atoms with Gasteiger partial charge in [-0.1, -0.05) is 91.3 Å². The van der Waals surface area contributed by atoms with Gasteiger partial charge in [-0.25, -0.2) is 9.78 Å². The predicted octanol–water partition coefficient (Wildman–Crippen LogP) is 7.50. The number of ketones is 2. The number of para-hydroxylation sites is 2. The first kappa shape index (κ1) is 40.8. The number of methoxy groups -OCH3 is 1. The topological polar surface area (TPSA) is 154 Å². The summed E-state index contributed by atoms with van der Waals surface area (Å²) >= 11 is 0. The van der Waals surface area contributed by atoms with Gasteiger partial charge in [-0.3, -0.25) is 14.4 Å². The summed E-state index contributed by atoms with van der Waals surface area (Å²) in [7, 11) is 1.63. The highest BCUT2D eigenvalue weighted by Crippen LogP contribution is 2.32. The lowest BCUT2D eigenvalue weighted by atomic mass is 9.88. The molecule has 2 heterocycles. The number of nitrogens with zero attached hydrogens (tertiary/aromatic N) is 2. The number of ether oxygens (including phenoxy) is 2. The Morgan fingerprint density at radius 1 is 0.842 bits per heavy atom. The molecule has 0 saturated carbocycles. The van der Waals surface area contributed by atoms with Crippen LogP contribution in [0.4, 0.5) is 4.79 Å². The average Bonchev–Trinajstić information content (AvgIpc) is 3.89. The maximum absolute atomic E-state index is 14.7. The Labute approximate surface area is 333 Å². The third kappa shape index (κ3) is 11.4. The van der Waals surface area contributed by atoms with Crippen molar-refractivity contribution in [3.05, 3.63) is 132 Å². The summed E-state index contributed by atoms with van der Waals surface area (Å²) in [6, 6.07) is 32.4. The van der Waals surface area contributed by atoms with Crippen LogP contribution in [0.15, 0.2) is 114 Å². The van der Waals surface area contributed by atoms with Gasteiger partial charge in [0, 0.05) is 18.9 Å². The van der Waals surface area contributed by atoms with Crippen molar-refractivity contribution in [2.75, 3.05) is 20.2 Å². The molecular formula is C46H52N4O7. The number of hydrogen-bond acceptors (Lipinski definition) is 9. The zero-order chi connectivity index (χ0) is 40.0. The van der Waals surface area contributed by atoms with Crippen molar-refractivity contribution < 1.29 is 33.1 Å². The van der Waals surface area contributed by atoms with Crippen molar-refractivity contribution in [2.45, 2.75) is 76.5 Å². The van der Waals surface area contributed by atoms with E-state index in [0.29, 0.717) is 62.7 Å². The number of carbonyl (C=O) groups excluding carboxylic acids is 4. The molecule has 3 N–H and O–H groups in total. The highest BCUT2D eigenvalue weighted by Gasteiger charge is 2.43. The van der Waals surface area contributed by atoms with E-state index in [1.165, 1.54) is 0 Å². The van der Waals surface area contributed by atoms with E-state index >= 15 is 0 Å². The van der Waals surface area contributed by atoms with E-state index in [2.05, 4.69) is 10.3 Å². The van der Waals surface area contributed by atoms with Gasteiger partial charge in [0.25, 0.3) is 5.89 Å². The van der Waals surface area contributed by atoms with Gasteiger partial charge in [0.15, 0.2) is 11.4 Å². The molecule has 11 heteroatoms. The third-order valence-electron chi connectivity index (χ3n) is 10.7. The van der Waals surface area contributed by atoms with E-state index in [0.717, 1.165) is 35.3 Å². The number of rotatable bonds is 20. The number of nitrogens with one attached hydrogen (secondary N) is 1.